The molecular formula is C20H11ClO4S. The minimum atomic E-state index is -0.536. The number of ketones is 1. The number of carbonyl (C=O) groups is 2. The van der Waals surface area contributed by atoms with Crippen LogP contribution in [0.25, 0.3) is 6.08 Å². The van der Waals surface area contributed by atoms with Crippen molar-refractivity contribution in [3.8, 4) is 11.5 Å². The molecule has 0 aliphatic carbocycles. The third-order valence-electron chi connectivity index (χ3n) is 3.73. The SMILES string of the molecule is O=C(Oc1ccc2c(c1)O/C(=C\c1cccs1)C2=O)c1cccc(Cl)c1. The maximum absolute atomic E-state index is 12.4. The minimum absolute atomic E-state index is 0.193. The second-order valence-electron chi connectivity index (χ2n) is 5.51. The van der Waals surface area contributed by atoms with Gasteiger partial charge in [-0.1, -0.05) is 23.7 Å². The van der Waals surface area contributed by atoms with E-state index >= 15 is 0 Å². The molecule has 2 aromatic carbocycles. The van der Waals surface area contributed by atoms with Crippen LogP contribution >= 0.6 is 22.9 Å². The number of esters is 1. The van der Waals surface area contributed by atoms with E-state index in [0.717, 1.165) is 4.88 Å². The number of hydrogen-bond donors (Lipinski definition) is 0. The van der Waals surface area contributed by atoms with Crippen molar-refractivity contribution < 1.29 is 19.1 Å². The molecule has 3 aromatic rings. The highest BCUT2D eigenvalue weighted by Crippen LogP contribution is 2.35. The molecular weight excluding hydrogens is 372 g/mol. The standard InChI is InChI=1S/C20H11ClO4S/c21-13-4-1-3-12(9-13)20(23)24-14-6-7-16-17(10-14)25-18(19(16)22)11-15-5-2-8-26-15/h1-11H/b18-11-. The Morgan fingerprint density at radius 2 is 2.00 bits per heavy atom. The van der Waals surface area contributed by atoms with Crippen LogP contribution in [0.1, 0.15) is 25.6 Å². The molecule has 0 radical (unpaired) electrons. The highest BCUT2D eigenvalue weighted by Gasteiger charge is 2.28. The Bertz CT molecular complexity index is 1040. The molecule has 2 heterocycles. The topological polar surface area (TPSA) is 52.6 Å². The van der Waals surface area contributed by atoms with E-state index < -0.39 is 5.97 Å². The summed E-state index contributed by atoms with van der Waals surface area (Å²) in [6.07, 6.45) is 1.70. The van der Waals surface area contributed by atoms with E-state index in [2.05, 4.69) is 0 Å². The molecule has 0 amide bonds. The monoisotopic (exact) mass is 382 g/mol. The van der Waals surface area contributed by atoms with Crippen LogP contribution in [0.3, 0.4) is 0 Å². The molecule has 0 bridgehead atoms. The van der Waals surface area contributed by atoms with Crippen molar-refractivity contribution in [2.45, 2.75) is 0 Å². The average molecular weight is 383 g/mol. The maximum atomic E-state index is 12.4. The van der Waals surface area contributed by atoms with Gasteiger partial charge in [0.2, 0.25) is 5.78 Å². The van der Waals surface area contributed by atoms with Crippen LogP contribution in [0.4, 0.5) is 0 Å². The zero-order chi connectivity index (χ0) is 18.1. The van der Waals surface area contributed by atoms with Gasteiger partial charge in [0.05, 0.1) is 11.1 Å². The summed E-state index contributed by atoms with van der Waals surface area (Å²) < 4.78 is 11.0. The number of hydrogen-bond acceptors (Lipinski definition) is 5. The summed E-state index contributed by atoms with van der Waals surface area (Å²) in [6.45, 7) is 0. The van der Waals surface area contributed by atoms with Gasteiger partial charge in [0.1, 0.15) is 11.5 Å². The number of fused-ring (bicyclic) bond motifs is 1. The summed E-state index contributed by atoms with van der Waals surface area (Å²) in [5.74, 6) is 0.182. The summed E-state index contributed by atoms with van der Waals surface area (Å²) in [5, 5.41) is 2.37. The van der Waals surface area contributed by atoms with Crippen molar-refractivity contribution in [1.82, 2.24) is 0 Å². The summed E-state index contributed by atoms with van der Waals surface area (Å²) in [7, 11) is 0. The molecule has 0 atom stereocenters. The number of halogens is 1. The number of Topliss-reactive ketones (excluding diaryl/α,β-unsaturated/α-hetero) is 1. The Kier molecular flexibility index (Phi) is 4.32. The molecule has 26 heavy (non-hydrogen) atoms. The highest BCUT2D eigenvalue weighted by atomic mass is 35.5. The first-order valence-corrected chi connectivity index (χ1v) is 8.95. The number of rotatable bonds is 3. The van der Waals surface area contributed by atoms with Gasteiger partial charge in [0.25, 0.3) is 0 Å². The Morgan fingerprint density at radius 1 is 1.12 bits per heavy atom. The molecule has 128 valence electrons. The predicted molar refractivity (Wildman–Crippen MR) is 100 cm³/mol. The van der Waals surface area contributed by atoms with Gasteiger partial charge < -0.3 is 9.47 Å². The van der Waals surface area contributed by atoms with Gasteiger partial charge in [-0.2, -0.15) is 0 Å². The van der Waals surface area contributed by atoms with E-state index in [1.54, 1.807) is 36.4 Å². The molecule has 1 aliphatic rings. The van der Waals surface area contributed by atoms with Crippen molar-refractivity contribution in [2.24, 2.45) is 0 Å². The van der Waals surface area contributed by atoms with E-state index in [0.29, 0.717) is 27.6 Å². The van der Waals surface area contributed by atoms with Gasteiger partial charge in [-0.25, -0.2) is 4.79 Å². The smallest absolute Gasteiger partial charge is 0.343 e. The number of benzene rings is 2. The van der Waals surface area contributed by atoms with Crippen LogP contribution in [0, 0.1) is 0 Å². The molecule has 0 unspecified atom stereocenters. The first kappa shape index (κ1) is 16.6. The van der Waals surface area contributed by atoms with Crippen LogP contribution in [0.5, 0.6) is 11.5 Å². The first-order chi connectivity index (χ1) is 12.6. The second-order valence-corrected chi connectivity index (χ2v) is 6.93. The van der Waals surface area contributed by atoms with E-state index in [9.17, 15) is 9.59 Å². The number of carbonyl (C=O) groups excluding carboxylic acids is 2. The normalized spacial score (nSPS) is 14.2. The molecule has 0 saturated carbocycles. The summed E-state index contributed by atoms with van der Waals surface area (Å²) >= 11 is 7.40. The fourth-order valence-corrected chi connectivity index (χ4v) is 3.35. The summed E-state index contributed by atoms with van der Waals surface area (Å²) in [5.41, 5.74) is 0.781. The van der Waals surface area contributed by atoms with Crippen LogP contribution in [0.2, 0.25) is 5.02 Å². The summed E-state index contributed by atoms with van der Waals surface area (Å²) in [4.78, 5) is 25.5. The van der Waals surface area contributed by atoms with Gasteiger partial charge in [-0.05, 0) is 41.8 Å². The van der Waals surface area contributed by atoms with Gasteiger partial charge in [0.15, 0.2) is 5.76 Å². The lowest BCUT2D eigenvalue weighted by Gasteiger charge is -2.06. The lowest BCUT2D eigenvalue weighted by Crippen LogP contribution is -2.08. The second kappa shape index (κ2) is 6.78. The molecule has 1 aromatic heterocycles. The lowest BCUT2D eigenvalue weighted by molar-refractivity contribution is 0.0734. The van der Waals surface area contributed by atoms with Crippen molar-refractivity contribution >= 4 is 40.8 Å². The molecule has 0 fully saturated rings. The fourth-order valence-electron chi connectivity index (χ4n) is 2.51. The van der Waals surface area contributed by atoms with Crippen molar-refractivity contribution in [3.05, 3.63) is 86.8 Å². The van der Waals surface area contributed by atoms with Crippen molar-refractivity contribution in [3.63, 3.8) is 0 Å². The quantitative estimate of drug-likeness (QED) is 0.353. The van der Waals surface area contributed by atoms with Gasteiger partial charge in [-0.3, -0.25) is 4.79 Å². The lowest BCUT2D eigenvalue weighted by atomic mass is 10.1. The number of thiophene rings is 1. The highest BCUT2D eigenvalue weighted by molar-refractivity contribution is 7.10. The largest absolute Gasteiger partial charge is 0.452 e. The molecule has 0 saturated heterocycles. The predicted octanol–water partition coefficient (Wildman–Crippen LogP) is 5.24. The van der Waals surface area contributed by atoms with E-state index in [1.807, 2.05) is 17.5 Å². The maximum Gasteiger partial charge on any atom is 0.343 e. The first-order valence-electron chi connectivity index (χ1n) is 7.70. The molecule has 0 spiro atoms. The summed E-state index contributed by atoms with van der Waals surface area (Å²) in [6, 6.07) is 15.0. The Balaban J connectivity index is 1.56. The average Bonchev–Trinajstić information content (AvgIpc) is 3.24. The van der Waals surface area contributed by atoms with Gasteiger partial charge in [-0.15, -0.1) is 11.3 Å². The molecule has 1 aliphatic heterocycles. The number of allylic oxidation sites excluding steroid dienone is 1. The minimum Gasteiger partial charge on any atom is -0.452 e. The fraction of sp³-hybridized carbons (Fsp3) is 0. The van der Waals surface area contributed by atoms with Crippen molar-refractivity contribution in [2.75, 3.05) is 0 Å². The molecule has 0 N–H and O–H groups in total. The number of ether oxygens (including phenoxy) is 2. The Hall–Kier alpha value is -2.89. The van der Waals surface area contributed by atoms with Gasteiger partial charge in [0, 0.05) is 22.0 Å². The van der Waals surface area contributed by atoms with Crippen LogP contribution in [-0.2, 0) is 0 Å². The van der Waals surface area contributed by atoms with Crippen molar-refractivity contribution in [1.29, 1.82) is 0 Å². The molecule has 4 nitrogen and oxygen atoms in total. The third-order valence-corrected chi connectivity index (χ3v) is 4.78. The Morgan fingerprint density at radius 3 is 2.77 bits per heavy atom. The van der Waals surface area contributed by atoms with E-state index in [-0.39, 0.29) is 11.5 Å². The zero-order valence-corrected chi connectivity index (χ0v) is 14.8. The van der Waals surface area contributed by atoms with E-state index in [4.69, 9.17) is 21.1 Å². The third kappa shape index (κ3) is 3.27. The van der Waals surface area contributed by atoms with Crippen LogP contribution in [-0.4, -0.2) is 11.8 Å². The van der Waals surface area contributed by atoms with E-state index in [1.165, 1.54) is 23.5 Å². The molecule has 4 rings (SSSR count). The van der Waals surface area contributed by atoms with Crippen LogP contribution < -0.4 is 9.47 Å². The zero-order valence-electron chi connectivity index (χ0n) is 13.3. The van der Waals surface area contributed by atoms with Crippen LogP contribution in [0.15, 0.2) is 65.7 Å². The Labute approximate surface area is 158 Å². The molecule has 6 heteroatoms. The van der Waals surface area contributed by atoms with Gasteiger partial charge >= 0.3 is 5.97 Å².